The molecule has 0 aliphatic carbocycles. The third-order valence-electron chi connectivity index (χ3n) is 1.92. The van der Waals surface area contributed by atoms with Gasteiger partial charge >= 0.3 is 6.09 Å². The largest absolute Gasteiger partial charge is 0.444 e. The van der Waals surface area contributed by atoms with Gasteiger partial charge in [-0.25, -0.2) is 4.79 Å². The number of benzene rings is 1. The van der Waals surface area contributed by atoms with Crippen molar-refractivity contribution in [3.05, 3.63) is 24.3 Å². The quantitative estimate of drug-likeness (QED) is 0.803. The SMILES string of the molecule is C#CC(=O)Nc1ccc(NC(=O)OC(C)(C)C)cc1. The number of amides is 2. The second kappa shape index (κ2) is 5.91. The highest BCUT2D eigenvalue weighted by molar-refractivity contribution is 6.03. The Labute approximate surface area is 112 Å². The van der Waals surface area contributed by atoms with Crippen LogP contribution in [0.15, 0.2) is 24.3 Å². The molecule has 0 saturated heterocycles. The molecule has 0 spiro atoms. The summed E-state index contributed by atoms with van der Waals surface area (Å²) in [4.78, 5) is 22.5. The third kappa shape index (κ3) is 5.59. The minimum absolute atomic E-state index is 0.521. The van der Waals surface area contributed by atoms with Crippen molar-refractivity contribution < 1.29 is 14.3 Å². The molecular weight excluding hydrogens is 244 g/mol. The third-order valence-corrected chi connectivity index (χ3v) is 1.92. The number of terminal acetylenes is 1. The zero-order valence-electron chi connectivity index (χ0n) is 11.1. The summed E-state index contributed by atoms with van der Waals surface area (Å²) in [7, 11) is 0. The van der Waals surface area contributed by atoms with Crippen LogP contribution in [-0.2, 0) is 9.53 Å². The number of carbonyl (C=O) groups is 2. The normalized spacial score (nSPS) is 10.2. The number of hydrogen-bond acceptors (Lipinski definition) is 3. The fraction of sp³-hybridized carbons (Fsp3) is 0.286. The van der Waals surface area contributed by atoms with Crippen molar-refractivity contribution >= 4 is 23.4 Å². The van der Waals surface area contributed by atoms with E-state index >= 15 is 0 Å². The average Bonchev–Trinajstić information content (AvgIpc) is 2.29. The van der Waals surface area contributed by atoms with E-state index in [1.54, 1.807) is 45.0 Å². The van der Waals surface area contributed by atoms with Gasteiger partial charge in [0.1, 0.15) is 5.60 Å². The number of ether oxygens (including phenoxy) is 1. The van der Waals surface area contributed by atoms with Crippen LogP contribution in [0.5, 0.6) is 0 Å². The van der Waals surface area contributed by atoms with E-state index in [9.17, 15) is 9.59 Å². The van der Waals surface area contributed by atoms with Crippen molar-refractivity contribution in [2.24, 2.45) is 0 Å². The van der Waals surface area contributed by atoms with Crippen molar-refractivity contribution in [1.82, 2.24) is 0 Å². The molecule has 0 radical (unpaired) electrons. The number of nitrogens with one attached hydrogen (secondary N) is 2. The summed E-state index contributed by atoms with van der Waals surface area (Å²) >= 11 is 0. The number of anilines is 2. The van der Waals surface area contributed by atoms with Gasteiger partial charge in [-0.05, 0) is 51.0 Å². The predicted molar refractivity (Wildman–Crippen MR) is 73.8 cm³/mol. The number of carbonyl (C=O) groups excluding carboxylic acids is 2. The first-order valence-electron chi connectivity index (χ1n) is 5.68. The van der Waals surface area contributed by atoms with E-state index in [-0.39, 0.29) is 0 Å². The van der Waals surface area contributed by atoms with Gasteiger partial charge in [0.25, 0.3) is 5.91 Å². The Hall–Kier alpha value is -2.48. The molecule has 0 unspecified atom stereocenters. The van der Waals surface area contributed by atoms with Crippen LogP contribution < -0.4 is 10.6 Å². The van der Waals surface area contributed by atoms with Crippen LogP contribution in [0, 0.1) is 12.3 Å². The van der Waals surface area contributed by atoms with Crippen LogP contribution >= 0.6 is 0 Å². The molecule has 1 rings (SSSR count). The van der Waals surface area contributed by atoms with Gasteiger partial charge in [-0.15, -0.1) is 6.42 Å². The molecule has 2 amide bonds. The fourth-order valence-electron chi connectivity index (χ4n) is 1.23. The summed E-state index contributed by atoms with van der Waals surface area (Å²) in [6.45, 7) is 5.35. The zero-order chi connectivity index (χ0) is 14.5. The summed E-state index contributed by atoms with van der Waals surface area (Å²) in [6.07, 6.45) is 4.40. The first-order valence-corrected chi connectivity index (χ1v) is 5.68. The van der Waals surface area contributed by atoms with E-state index in [1.165, 1.54) is 0 Å². The van der Waals surface area contributed by atoms with E-state index < -0.39 is 17.6 Å². The van der Waals surface area contributed by atoms with Gasteiger partial charge in [-0.3, -0.25) is 10.1 Å². The Kier molecular flexibility index (Phi) is 4.54. The van der Waals surface area contributed by atoms with Crippen molar-refractivity contribution in [3.8, 4) is 12.3 Å². The Balaban J connectivity index is 2.60. The van der Waals surface area contributed by atoms with Crippen LogP contribution in [0.3, 0.4) is 0 Å². The Bertz CT molecular complexity index is 507. The first kappa shape index (κ1) is 14.6. The smallest absolute Gasteiger partial charge is 0.412 e. The van der Waals surface area contributed by atoms with Gasteiger partial charge in [0.15, 0.2) is 0 Å². The topological polar surface area (TPSA) is 67.4 Å². The average molecular weight is 260 g/mol. The fourth-order valence-corrected chi connectivity index (χ4v) is 1.23. The molecule has 0 aromatic heterocycles. The van der Waals surface area contributed by atoms with Gasteiger partial charge in [0.05, 0.1) is 0 Å². The molecule has 0 heterocycles. The van der Waals surface area contributed by atoms with Crippen molar-refractivity contribution in [3.63, 3.8) is 0 Å². The van der Waals surface area contributed by atoms with Crippen LogP contribution in [0.4, 0.5) is 16.2 Å². The van der Waals surface area contributed by atoms with Crippen LogP contribution in [0.1, 0.15) is 20.8 Å². The van der Waals surface area contributed by atoms with Crippen LogP contribution in [0.25, 0.3) is 0 Å². The molecule has 0 saturated carbocycles. The number of rotatable bonds is 2. The van der Waals surface area contributed by atoms with Gasteiger partial charge in [0.2, 0.25) is 0 Å². The van der Waals surface area contributed by atoms with Crippen molar-refractivity contribution in [1.29, 1.82) is 0 Å². The zero-order valence-corrected chi connectivity index (χ0v) is 11.1. The molecule has 100 valence electrons. The monoisotopic (exact) mass is 260 g/mol. The summed E-state index contributed by atoms with van der Waals surface area (Å²) in [5, 5.41) is 5.07. The minimum Gasteiger partial charge on any atom is -0.444 e. The van der Waals surface area contributed by atoms with Crippen LogP contribution in [0.2, 0.25) is 0 Å². The minimum atomic E-state index is -0.551. The van der Waals surface area contributed by atoms with E-state index in [2.05, 4.69) is 10.6 Å². The van der Waals surface area contributed by atoms with E-state index in [0.29, 0.717) is 11.4 Å². The molecular formula is C14H16N2O3. The second-order valence-corrected chi connectivity index (χ2v) is 4.80. The Morgan fingerprint density at radius 1 is 1.11 bits per heavy atom. The maximum atomic E-state index is 11.5. The molecule has 0 aliphatic rings. The van der Waals surface area contributed by atoms with Gasteiger partial charge < -0.3 is 10.1 Å². The standard InChI is InChI=1S/C14H16N2O3/c1-5-12(17)15-10-6-8-11(9-7-10)16-13(18)19-14(2,3)4/h1,6-9H,2-4H3,(H,15,17)(H,16,18). The molecule has 1 aromatic rings. The van der Waals surface area contributed by atoms with Crippen molar-refractivity contribution in [2.45, 2.75) is 26.4 Å². The molecule has 0 bridgehead atoms. The lowest BCUT2D eigenvalue weighted by molar-refractivity contribution is -0.111. The molecule has 19 heavy (non-hydrogen) atoms. The molecule has 0 atom stereocenters. The second-order valence-electron chi connectivity index (χ2n) is 4.80. The lowest BCUT2D eigenvalue weighted by Gasteiger charge is -2.19. The van der Waals surface area contributed by atoms with E-state index in [1.807, 2.05) is 5.92 Å². The summed E-state index contributed by atoms with van der Waals surface area (Å²) in [5.41, 5.74) is 0.566. The molecule has 0 fully saturated rings. The number of hydrogen-bond donors (Lipinski definition) is 2. The maximum Gasteiger partial charge on any atom is 0.412 e. The summed E-state index contributed by atoms with van der Waals surface area (Å²) < 4.78 is 5.11. The van der Waals surface area contributed by atoms with Gasteiger partial charge in [-0.2, -0.15) is 0 Å². The van der Waals surface area contributed by atoms with E-state index in [0.717, 1.165) is 0 Å². The summed E-state index contributed by atoms with van der Waals surface area (Å²) in [6, 6.07) is 6.52. The molecule has 0 aliphatic heterocycles. The Morgan fingerprint density at radius 2 is 1.58 bits per heavy atom. The Morgan fingerprint density at radius 3 is 2.00 bits per heavy atom. The molecule has 1 aromatic carbocycles. The highest BCUT2D eigenvalue weighted by Gasteiger charge is 2.16. The van der Waals surface area contributed by atoms with E-state index in [4.69, 9.17) is 11.2 Å². The maximum absolute atomic E-state index is 11.5. The summed E-state index contributed by atoms with van der Waals surface area (Å²) in [5.74, 6) is 1.43. The first-order chi connectivity index (χ1) is 8.80. The lowest BCUT2D eigenvalue weighted by atomic mass is 10.2. The van der Waals surface area contributed by atoms with Gasteiger partial charge in [-0.1, -0.05) is 0 Å². The van der Waals surface area contributed by atoms with Crippen molar-refractivity contribution in [2.75, 3.05) is 10.6 Å². The highest BCUT2D eigenvalue weighted by atomic mass is 16.6. The lowest BCUT2D eigenvalue weighted by Crippen LogP contribution is -2.27. The molecule has 5 nitrogen and oxygen atoms in total. The van der Waals surface area contributed by atoms with Gasteiger partial charge in [0, 0.05) is 11.4 Å². The molecule has 2 N–H and O–H groups in total. The van der Waals surface area contributed by atoms with Crippen LogP contribution in [-0.4, -0.2) is 17.6 Å². The highest BCUT2D eigenvalue weighted by Crippen LogP contribution is 2.15. The molecule has 5 heteroatoms. The predicted octanol–water partition coefficient (Wildman–Crippen LogP) is 2.61.